The molecule has 3 aromatic carbocycles. The van der Waals surface area contributed by atoms with Gasteiger partial charge in [-0.05, 0) is 84.0 Å². The summed E-state index contributed by atoms with van der Waals surface area (Å²) in [5.41, 5.74) is 5.53. The van der Waals surface area contributed by atoms with Gasteiger partial charge in [0.25, 0.3) is 0 Å². The zero-order valence-corrected chi connectivity index (χ0v) is 29.3. The number of urea groups is 1. The first-order valence-corrected chi connectivity index (χ1v) is 16.0. The highest BCUT2D eigenvalue weighted by atomic mass is 127. The Morgan fingerprint density at radius 2 is 1.85 bits per heavy atom. The van der Waals surface area contributed by atoms with Crippen LogP contribution in [0.3, 0.4) is 0 Å². The molecule has 0 unspecified atom stereocenters. The molecule has 2 atom stereocenters. The molecule has 0 bridgehead atoms. The maximum Gasteiger partial charge on any atom is 0.337 e. The van der Waals surface area contributed by atoms with Crippen molar-refractivity contribution in [2.24, 2.45) is 5.10 Å². The second-order valence-corrected chi connectivity index (χ2v) is 12.0. The van der Waals surface area contributed by atoms with E-state index in [1.807, 2.05) is 43.3 Å². The summed E-state index contributed by atoms with van der Waals surface area (Å²) in [6, 6.07) is 15.3. The molecule has 3 aromatic rings. The van der Waals surface area contributed by atoms with Gasteiger partial charge in [0.15, 0.2) is 29.2 Å². The van der Waals surface area contributed by atoms with Gasteiger partial charge in [0.05, 0.1) is 38.7 Å². The van der Waals surface area contributed by atoms with Crippen molar-refractivity contribution in [3.8, 4) is 23.0 Å². The molecule has 4 rings (SSSR count). The van der Waals surface area contributed by atoms with Gasteiger partial charge in [0, 0.05) is 19.3 Å². The molecule has 14 heteroatoms. The van der Waals surface area contributed by atoms with Crippen LogP contribution in [0.15, 0.2) is 75.4 Å². The van der Waals surface area contributed by atoms with Crippen LogP contribution in [0.1, 0.15) is 36.6 Å². The van der Waals surface area contributed by atoms with Gasteiger partial charge < -0.3 is 39.4 Å². The topological polar surface area (TPSA) is 149 Å². The van der Waals surface area contributed by atoms with E-state index in [1.54, 1.807) is 32.2 Å². The van der Waals surface area contributed by atoms with Gasteiger partial charge in [-0.15, -0.1) is 0 Å². The molecule has 244 valence electrons. The number of amides is 2. The van der Waals surface area contributed by atoms with Crippen LogP contribution in [0.5, 0.6) is 23.0 Å². The monoisotopic (exact) mass is 808 g/mol. The number of aliphatic hydroxyl groups is 1. The van der Waals surface area contributed by atoms with Gasteiger partial charge in [-0.1, -0.05) is 34.1 Å². The average Bonchev–Trinajstić information content (AvgIpc) is 3.03. The first kappa shape index (κ1) is 34.8. The van der Waals surface area contributed by atoms with Gasteiger partial charge in [0.1, 0.15) is 13.2 Å². The minimum atomic E-state index is -1.18. The summed E-state index contributed by atoms with van der Waals surface area (Å²) in [6.45, 7) is 3.92. The van der Waals surface area contributed by atoms with Crippen LogP contribution in [0.4, 0.5) is 4.79 Å². The first-order valence-electron chi connectivity index (χ1n) is 14.1. The number of halogens is 2. The number of hydrogen-bond acceptors (Lipinski definition) is 10. The standard InChI is InChI=1S/C32H34BrIN4O8/c1-5-44-25-13-20(29-28(31(40)43-4)18(2)36-32(41)37-29)8-11-24(25)45-17-27(39)38-35-15-21-12-23(34)14-26(42-3)30(21)46-16-19-6-9-22(33)10-7-19/h6-15,27,29,38-39H,5,16-17H2,1-4H3,(H2,36,37,41)/b35-15+/t27-,29+/m1/s1. The Hall–Kier alpha value is -4.02. The molecule has 1 aliphatic rings. The summed E-state index contributed by atoms with van der Waals surface area (Å²) in [6.07, 6.45) is 0.356. The van der Waals surface area contributed by atoms with E-state index in [0.29, 0.717) is 53.0 Å². The molecular weight excluding hydrogens is 775 g/mol. The van der Waals surface area contributed by atoms with E-state index in [0.717, 1.165) is 13.6 Å². The van der Waals surface area contributed by atoms with Crippen molar-refractivity contribution in [1.82, 2.24) is 16.1 Å². The third-order valence-electron chi connectivity index (χ3n) is 6.66. The van der Waals surface area contributed by atoms with E-state index in [-0.39, 0.29) is 12.2 Å². The number of carbonyl (C=O) groups is 2. The van der Waals surface area contributed by atoms with Crippen molar-refractivity contribution in [2.75, 3.05) is 27.4 Å². The molecule has 12 nitrogen and oxygen atoms in total. The number of hydrogen-bond donors (Lipinski definition) is 4. The quantitative estimate of drug-likeness (QED) is 0.0570. The number of esters is 1. The molecule has 0 aromatic heterocycles. The zero-order valence-electron chi connectivity index (χ0n) is 25.6. The number of benzene rings is 3. The van der Waals surface area contributed by atoms with E-state index < -0.39 is 24.3 Å². The summed E-state index contributed by atoms with van der Waals surface area (Å²) in [5.74, 6) is 1.20. The highest BCUT2D eigenvalue weighted by molar-refractivity contribution is 14.1. The van der Waals surface area contributed by atoms with Gasteiger partial charge in [-0.3, -0.25) is 5.43 Å². The largest absolute Gasteiger partial charge is 0.493 e. The Morgan fingerprint density at radius 3 is 2.54 bits per heavy atom. The van der Waals surface area contributed by atoms with Crippen molar-refractivity contribution in [1.29, 1.82) is 0 Å². The zero-order chi connectivity index (χ0) is 33.2. The second-order valence-electron chi connectivity index (χ2n) is 9.86. The third-order valence-corrected chi connectivity index (χ3v) is 7.82. The highest BCUT2D eigenvalue weighted by Crippen LogP contribution is 2.35. The Labute approximate surface area is 288 Å². The van der Waals surface area contributed by atoms with Crippen molar-refractivity contribution >= 4 is 56.7 Å². The SMILES string of the molecule is CCOc1cc([C@@H]2NC(=O)NC(C)=C2C(=O)OC)ccc1OC[C@@H](O)N/N=C/c1cc(I)cc(OC)c1OCc1ccc(Br)cc1. The van der Waals surface area contributed by atoms with Crippen LogP contribution >= 0.6 is 38.5 Å². The summed E-state index contributed by atoms with van der Waals surface area (Å²) in [4.78, 5) is 24.7. The lowest BCUT2D eigenvalue weighted by Crippen LogP contribution is -2.45. The van der Waals surface area contributed by atoms with E-state index in [1.165, 1.54) is 13.3 Å². The van der Waals surface area contributed by atoms with E-state index in [2.05, 4.69) is 59.7 Å². The molecule has 2 amide bonds. The Morgan fingerprint density at radius 1 is 1.09 bits per heavy atom. The summed E-state index contributed by atoms with van der Waals surface area (Å²) in [5, 5.41) is 20.1. The predicted octanol–water partition coefficient (Wildman–Crippen LogP) is 5.16. The fourth-order valence-electron chi connectivity index (χ4n) is 4.54. The fraction of sp³-hybridized carbons (Fsp3) is 0.281. The summed E-state index contributed by atoms with van der Waals surface area (Å²) in [7, 11) is 2.84. The number of nitrogens with one attached hydrogen (secondary N) is 3. The summed E-state index contributed by atoms with van der Waals surface area (Å²) < 4.78 is 30.1. The van der Waals surface area contributed by atoms with E-state index >= 15 is 0 Å². The van der Waals surface area contributed by atoms with Crippen LogP contribution in [0.2, 0.25) is 0 Å². The van der Waals surface area contributed by atoms with Gasteiger partial charge in [-0.25, -0.2) is 9.59 Å². The highest BCUT2D eigenvalue weighted by Gasteiger charge is 2.32. The van der Waals surface area contributed by atoms with Crippen LogP contribution in [0.25, 0.3) is 0 Å². The predicted molar refractivity (Wildman–Crippen MR) is 183 cm³/mol. The second kappa shape index (κ2) is 16.5. The lowest BCUT2D eigenvalue weighted by atomic mass is 9.95. The Bertz CT molecular complexity index is 1620. The molecule has 1 heterocycles. The van der Waals surface area contributed by atoms with Crippen molar-refractivity contribution < 1.29 is 38.4 Å². The van der Waals surface area contributed by atoms with Gasteiger partial charge in [-0.2, -0.15) is 5.10 Å². The van der Waals surface area contributed by atoms with Crippen molar-refractivity contribution in [3.05, 3.63) is 90.6 Å². The number of allylic oxidation sites excluding steroid dienone is 1. The molecule has 0 radical (unpaired) electrons. The minimum absolute atomic E-state index is 0.171. The van der Waals surface area contributed by atoms with Gasteiger partial charge >= 0.3 is 12.0 Å². The number of rotatable bonds is 14. The summed E-state index contributed by atoms with van der Waals surface area (Å²) >= 11 is 5.62. The number of ether oxygens (including phenoxy) is 5. The number of aliphatic hydroxyl groups excluding tert-OH is 1. The maximum atomic E-state index is 12.5. The van der Waals surface area contributed by atoms with Crippen molar-refractivity contribution in [2.45, 2.75) is 32.7 Å². The molecule has 1 aliphatic heterocycles. The lowest BCUT2D eigenvalue weighted by Gasteiger charge is -2.28. The molecule has 0 saturated carbocycles. The lowest BCUT2D eigenvalue weighted by molar-refractivity contribution is -0.136. The molecular formula is C32H34BrIN4O8. The number of hydrazone groups is 1. The smallest absolute Gasteiger partial charge is 0.337 e. The van der Waals surface area contributed by atoms with E-state index in [9.17, 15) is 14.7 Å². The number of nitrogens with zero attached hydrogens (tertiary/aromatic N) is 1. The first-order chi connectivity index (χ1) is 22.1. The molecule has 0 saturated heterocycles. The normalized spacial score (nSPS) is 15.1. The third kappa shape index (κ3) is 9.04. The maximum absolute atomic E-state index is 12.5. The minimum Gasteiger partial charge on any atom is -0.493 e. The Kier molecular flexibility index (Phi) is 12.5. The average molecular weight is 809 g/mol. The van der Waals surface area contributed by atoms with Crippen LogP contribution in [-0.4, -0.2) is 57.0 Å². The molecule has 0 fully saturated rings. The molecule has 0 aliphatic carbocycles. The van der Waals surface area contributed by atoms with Gasteiger partial charge in [0.2, 0.25) is 0 Å². The molecule has 4 N–H and O–H groups in total. The van der Waals surface area contributed by atoms with Crippen LogP contribution < -0.4 is 35.0 Å². The number of carbonyl (C=O) groups excluding carboxylic acids is 2. The van der Waals surface area contributed by atoms with Crippen LogP contribution in [0, 0.1) is 3.57 Å². The van der Waals surface area contributed by atoms with Crippen LogP contribution in [-0.2, 0) is 16.1 Å². The number of methoxy groups -OCH3 is 2. The Balaban J connectivity index is 1.44. The molecule has 0 spiro atoms. The fourth-order valence-corrected chi connectivity index (χ4v) is 5.42. The van der Waals surface area contributed by atoms with E-state index in [4.69, 9.17) is 23.7 Å². The molecule has 46 heavy (non-hydrogen) atoms. The van der Waals surface area contributed by atoms with Crippen molar-refractivity contribution in [3.63, 3.8) is 0 Å².